The van der Waals surface area contributed by atoms with Crippen LogP contribution < -0.4 is 5.32 Å². The van der Waals surface area contributed by atoms with Crippen LogP contribution in [-0.2, 0) is 4.79 Å². The van der Waals surface area contributed by atoms with Gasteiger partial charge in [0.05, 0.1) is 5.54 Å². The molecule has 0 aliphatic carbocycles. The molecule has 0 heterocycles. The fraction of sp³-hybridized carbons (Fsp3) is 0.700. The number of allylic oxidation sites excluding steroid dienone is 1. The molecular formula is C10H19NO. The standard InChI is InChI=1S/C10H19NO/c1-5-7-9(12)11-10(3,4)8-6-2/h6,8H,5,7H2,1-4H3,(H,11,12)/b8-6+. The van der Waals surface area contributed by atoms with Crippen LogP contribution in [0.4, 0.5) is 0 Å². The molecule has 0 aliphatic rings. The van der Waals surface area contributed by atoms with E-state index < -0.39 is 0 Å². The van der Waals surface area contributed by atoms with Crippen LogP contribution >= 0.6 is 0 Å². The average molecular weight is 169 g/mol. The molecule has 0 radical (unpaired) electrons. The van der Waals surface area contributed by atoms with Crippen molar-refractivity contribution in [1.82, 2.24) is 5.32 Å². The normalized spacial score (nSPS) is 12.0. The molecule has 2 heteroatoms. The quantitative estimate of drug-likeness (QED) is 0.642. The number of hydrogen-bond donors (Lipinski definition) is 1. The molecule has 1 amide bonds. The number of hydrogen-bond acceptors (Lipinski definition) is 1. The van der Waals surface area contributed by atoms with Gasteiger partial charge >= 0.3 is 0 Å². The summed E-state index contributed by atoms with van der Waals surface area (Å²) >= 11 is 0. The second-order valence-corrected chi connectivity index (χ2v) is 3.52. The van der Waals surface area contributed by atoms with Crippen LogP contribution in [0.15, 0.2) is 12.2 Å². The Balaban J connectivity index is 3.96. The van der Waals surface area contributed by atoms with Crippen molar-refractivity contribution < 1.29 is 4.79 Å². The van der Waals surface area contributed by atoms with Crippen LogP contribution in [0.2, 0.25) is 0 Å². The van der Waals surface area contributed by atoms with Gasteiger partial charge in [-0.1, -0.05) is 19.1 Å². The van der Waals surface area contributed by atoms with Crippen molar-refractivity contribution in [3.8, 4) is 0 Å². The lowest BCUT2D eigenvalue weighted by Crippen LogP contribution is -2.41. The number of carbonyl (C=O) groups excluding carboxylic acids is 1. The molecule has 0 aromatic rings. The average Bonchev–Trinajstić information content (AvgIpc) is 1.85. The van der Waals surface area contributed by atoms with E-state index in [0.29, 0.717) is 6.42 Å². The summed E-state index contributed by atoms with van der Waals surface area (Å²) in [5, 5.41) is 2.93. The van der Waals surface area contributed by atoms with Crippen molar-refractivity contribution in [2.45, 2.75) is 46.1 Å². The van der Waals surface area contributed by atoms with Gasteiger partial charge in [-0.05, 0) is 27.2 Å². The van der Waals surface area contributed by atoms with Gasteiger partial charge in [-0.15, -0.1) is 0 Å². The van der Waals surface area contributed by atoms with Crippen molar-refractivity contribution in [2.75, 3.05) is 0 Å². The summed E-state index contributed by atoms with van der Waals surface area (Å²) in [7, 11) is 0. The molecule has 0 atom stereocenters. The van der Waals surface area contributed by atoms with E-state index in [2.05, 4.69) is 5.32 Å². The summed E-state index contributed by atoms with van der Waals surface area (Å²) in [6.07, 6.45) is 5.45. The Hall–Kier alpha value is -0.790. The van der Waals surface area contributed by atoms with E-state index in [1.165, 1.54) is 0 Å². The number of amides is 1. The Labute approximate surface area is 75.0 Å². The lowest BCUT2D eigenvalue weighted by atomic mass is 10.0. The first-order valence-electron chi connectivity index (χ1n) is 4.46. The summed E-state index contributed by atoms with van der Waals surface area (Å²) < 4.78 is 0. The molecule has 0 fully saturated rings. The van der Waals surface area contributed by atoms with Gasteiger partial charge in [0.15, 0.2) is 0 Å². The minimum Gasteiger partial charge on any atom is -0.348 e. The van der Waals surface area contributed by atoms with Crippen LogP contribution in [0.5, 0.6) is 0 Å². The highest BCUT2D eigenvalue weighted by molar-refractivity contribution is 5.76. The monoisotopic (exact) mass is 169 g/mol. The first kappa shape index (κ1) is 11.2. The van der Waals surface area contributed by atoms with Crippen LogP contribution in [0.25, 0.3) is 0 Å². The van der Waals surface area contributed by atoms with Gasteiger partial charge in [0.25, 0.3) is 0 Å². The summed E-state index contributed by atoms with van der Waals surface area (Å²) in [6.45, 7) is 7.93. The van der Waals surface area contributed by atoms with Gasteiger partial charge < -0.3 is 5.32 Å². The lowest BCUT2D eigenvalue weighted by molar-refractivity contribution is -0.122. The molecule has 0 rings (SSSR count). The van der Waals surface area contributed by atoms with Gasteiger partial charge in [0.2, 0.25) is 5.91 Å². The van der Waals surface area contributed by atoms with E-state index in [9.17, 15) is 4.79 Å². The molecule has 1 N–H and O–H groups in total. The fourth-order valence-corrected chi connectivity index (χ4v) is 1.11. The first-order chi connectivity index (χ1) is 5.52. The van der Waals surface area contributed by atoms with E-state index in [4.69, 9.17) is 0 Å². The third kappa shape index (κ3) is 4.94. The summed E-state index contributed by atoms with van der Waals surface area (Å²) in [6, 6.07) is 0. The summed E-state index contributed by atoms with van der Waals surface area (Å²) in [5.74, 6) is 0.126. The molecule has 0 bridgehead atoms. The molecule has 2 nitrogen and oxygen atoms in total. The molecule has 0 saturated carbocycles. The summed E-state index contributed by atoms with van der Waals surface area (Å²) in [5.41, 5.74) is -0.207. The molecule has 0 aliphatic heterocycles. The van der Waals surface area contributed by atoms with Crippen LogP contribution in [-0.4, -0.2) is 11.4 Å². The number of nitrogens with one attached hydrogen (secondary N) is 1. The third-order valence-electron chi connectivity index (χ3n) is 1.52. The highest BCUT2D eigenvalue weighted by Crippen LogP contribution is 2.04. The molecule has 70 valence electrons. The predicted molar refractivity (Wildman–Crippen MR) is 51.9 cm³/mol. The van der Waals surface area contributed by atoms with E-state index in [1.54, 1.807) is 0 Å². The Bertz CT molecular complexity index is 171. The molecule has 12 heavy (non-hydrogen) atoms. The molecular weight excluding hydrogens is 150 g/mol. The van der Waals surface area contributed by atoms with E-state index in [1.807, 2.05) is 39.8 Å². The van der Waals surface area contributed by atoms with E-state index >= 15 is 0 Å². The smallest absolute Gasteiger partial charge is 0.220 e. The first-order valence-corrected chi connectivity index (χ1v) is 4.46. The van der Waals surface area contributed by atoms with E-state index in [-0.39, 0.29) is 11.4 Å². The fourth-order valence-electron chi connectivity index (χ4n) is 1.11. The number of carbonyl (C=O) groups is 1. The molecule has 0 spiro atoms. The zero-order chi connectivity index (χ0) is 9.61. The molecule has 0 aromatic carbocycles. The Morgan fingerprint density at radius 1 is 1.50 bits per heavy atom. The Morgan fingerprint density at radius 3 is 2.50 bits per heavy atom. The molecule has 0 aromatic heterocycles. The Morgan fingerprint density at radius 2 is 2.08 bits per heavy atom. The minimum atomic E-state index is -0.207. The SMILES string of the molecule is C/C=C/C(C)(C)NC(=O)CCC. The minimum absolute atomic E-state index is 0.126. The Kier molecular flexibility index (Phi) is 4.64. The maximum Gasteiger partial charge on any atom is 0.220 e. The zero-order valence-electron chi connectivity index (χ0n) is 8.48. The summed E-state index contributed by atoms with van der Waals surface area (Å²) in [4.78, 5) is 11.2. The van der Waals surface area contributed by atoms with Crippen molar-refractivity contribution >= 4 is 5.91 Å². The lowest BCUT2D eigenvalue weighted by Gasteiger charge is -2.21. The van der Waals surface area contributed by atoms with Gasteiger partial charge in [0.1, 0.15) is 0 Å². The second kappa shape index (κ2) is 4.96. The van der Waals surface area contributed by atoms with Gasteiger partial charge in [0, 0.05) is 6.42 Å². The van der Waals surface area contributed by atoms with Gasteiger partial charge in [-0.25, -0.2) is 0 Å². The third-order valence-corrected chi connectivity index (χ3v) is 1.52. The van der Waals surface area contributed by atoms with Crippen molar-refractivity contribution in [2.24, 2.45) is 0 Å². The highest BCUT2D eigenvalue weighted by Gasteiger charge is 2.14. The van der Waals surface area contributed by atoms with Gasteiger partial charge in [-0.3, -0.25) is 4.79 Å². The zero-order valence-corrected chi connectivity index (χ0v) is 8.48. The molecule has 0 saturated heterocycles. The van der Waals surface area contributed by atoms with Crippen LogP contribution in [0.3, 0.4) is 0 Å². The maximum absolute atomic E-state index is 11.2. The molecule has 0 unspecified atom stereocenters. The van der Waals surface area contributed by atoms with E-state index in [0.717, 1.165) is 6.42 Å². The van der Waals surface area contributed by atoms with Crippen molar-refractivity contribution in [3.63, 3.8) is 0 Å². The second-order valence-electron chi connectivity index (χ2n) is 3.52. The highest BCUT2D eigenvalue weighted by atomic mass is 16.1. The van der Waals surface area contributed by atoms with Crippen LogP contribution in [0.1, 0.15) is 40.5 Å². The predicted octanol–water partition coefficient (Wildman–Crippen LogP) is 2.26. The van der Waals surface area contributed by atoms with Crippen LogP contribution in [0, 0.1) is 0 Å². The topological polar surface area (TPSA) is 29.1 Å². The van der Waals surface area contributed by atoms with Gasteiger partial charge in [-0.2, -0.15) is 0 Å². The van der Waals surface area contributed by atoms with Crippen molar-refractivity contribution in [1.29, 1.82) is 0 Å². The number of rotatable bonds is 4. The van der Waals surface area contributed by atoms with Crippen molar-refractivity contribution in [3.05, 3.63) is 12.2 Å². The largest absolute Gasteiger partial charge is 0.348 e. The maximum atomic E-state index is 11.2.